The smallest absolute Gasteiger partial charge is 0.408 e. The van der Waals surface area contributed by atoms with Crippen molar-refractivity contribution in [3.8, 4) is 0 Å². The van der Waals surface area contributed by atoms with Crippen molar-refractivity contribution in [1.29, 1.82) is 0 Å². The summed E-state index contributed by atoms with van der Waals surface area (Å²) in [5, 5.41) is 11.3. The minimum atomic E-state index is -1.31. The lowest BCUT2D eigenvalue weighted by Crippen LogP contribution is -2.53. The number of alkyl carbamates (subject to hydrolysis) is 1. The molecule has 5 nitrogen and oxygen atoms in total. The number of halogens is 1. The molecule has 0 spiro atoms. The number of carboxylic acid groups (broad SMARTS) is 1. The molecule has 0 unspecified atom stereocenters. The summed E-state index contributed by atoms with van der Waals surface area (Å²) in [7, 11) is 0. The Morgan fingerprint density at radius 3 is 2.50 bits per heavy atom. The third kappa shape index (κ3) is 4.17. The fraction of sp³-hybridized carbons (Fsp3) is 0.333. The average Bonchev–Trinajstić information content (AvgIpc) is 2.37. The van der Waals surface area contributed by atoms with Crippen LogP contribution in [0.15, 0.2) is 30.3 Å². The van der Waals surface area contributed by atoms with Gasteiger partial charge in [0.15, 0.2) is 0 Å². The highest BCUT2D eigenvalue weighted by molar-refractivity contribution is 14.1. The Kier molecular flexibility index (Phi) is 5.39. The summed E-state index contributed by atoms with van der Waals surface area (Å²) >= 11 is 1.90. The molecule has 1 aromatic rings. The third-order valence-corrected chi connectivity index (χ3v) is 3.86. The fourth-order valence-electron chi connectivity index (χ4n) is 1.13. The van der Waals surface area contributed by atoms with E-state index in [0.29, 0.717) is 0 Å². The Labute approximate surface area is 119 Å². The molecule has 1 atom stereocenters. The maximum atomic E-state index is 11.5. The van der Waals surface area contributed by atoms with E-state index >= 15 is 0 Å². The largest absolute Gasteiger partial charge is 0.479 e. The molecule has 0 radical (unpaired) electrons. The van der Waals surface area contributed by atoms with Gasteiger partial charge in [-0.1, -0.05) is 52.9 Å². The molecule has 0 aliphatic carbocycles. The highest BCUT2D eigenvalue weighted by atomic mass is 127. The van der Waals surface area contributed by atoms with Crippen molar-refractivity contribution in [3.05, 3.63) is 35.9 Å². The van der Waals surface area contributed by atoms with Crippen LogP contribution in [0.25, 0.3) is 0 Å². The van der Waals surface area contributed by atoms with Crippen molar-refractivity contribution in [2.24, 2.45) is 0 Å². The van der Waals surface area contributed by atoms with Gasteiger partial charge in [0.1, 0.15) is 12.1 Å². The molecule has 1 amide bonds. The van der Waals surface area contributed by atoms with Crippen molar-refractivity contribution < 1.29 is 19.4 Å². The number of nitrogens with one attached hydrogen (secondary N) is 1. The van der Waals surface area contributed by atoms with Gasteiger partial charge in [0, 0.05) is 4.43 Å². The number of aliphatic carboxylic acids is 1. The summed E-state index contributed by atoms with van der Waals surface area (Å²) in [5.74, 6) is -1.09. The maximum Gasteiger partial charge on any atom is 0.408 e. The van der Waals surface area contributed by atoms with E-state index in [9.17, 15) is 9.59 Å². The minimum absolute atomic E-state index is 0.115. The van der Waals surface area contributed by atoms with E-state index in [1.54, 1.807) is 0 Å². The Morgan fingerprint density at radius 1 is 1.39 bits per heavy atom. The molecule has 98 valence electrons. The number of alkyl halides is 1. The lowest BCUT2D eigenvalue weighted by Gasteiger charge is -2.23. The summed E-state index contributed by atoms with van der Waals surface area (Å²) in [6, 6.07) is 9.18. The van der Waals surface area contributed by atoms with E-state index in [-0.39, 0.29) is 11.0 Å². The molecule has 0 bridgehead atoms. The Bertz CT molecular complexity index is 423. The first-order chi connectivity index (χ1) is 8.48. The zero-order valence-corrected chi connectivity index (χ0v) is 12.0. The van der Waals surface area contributed by atoms with Crippen molar-refractivity contribution in [3.63, 3.8) is 0 Å². The molecule has 0 heterocycles. The van der Waals surface area contributed by atoms with Gasteiger partial charge in [0.2, 0.25) is 0 Å². The lowest BCUT2D eigenvalue weighted by molar-refractivity contribution is -0.142. The average molecular weight is 363 g/mol. The van der Waals surface area contributed by atoms with E-state index in [1.807, 2.05) is 52.9 Å². The van der Waals surface area contributed by atoms with Crippen LogP contribution in [0.5, 0.6) is 0 Å². The number of hydrogen-bond acceptors (Lipinski definition) is 3. The number of rotatable bonds is 5. The van der Waals surface area contributed by atoms with Gasteiger partial charge in [0.05, 0.1) is 0 Å². The molecular formula is C12H14INO4. The SMILES string of the molecule is C[C@@](CI)(NC(=O)OCc1ccccc1)C(=O)O. The van der Waals surface area contributed by atoms with Gasteiger partial charge in [-0.3, -0.25) is 0 Å². The second-order valence-corrected chi connectivity index (χ2v) is 4.72. The third-order valence-electron chi connectivity index (χ3n) is 2.33. The second-order valence-electron chi connectivity index (χ2n) is 3.96. The lowest BCUT2D eigenvalue weighted by atomic mass is 10.1. The van der Waals surface area contributed by atoms with Gasteiger partial charge >= 0.3 is 12.1 Å². The molecule has 0 aliphatic heterocycles. The molecule has 6 heteroatoms. The van der Waals surface area contributed by atoms with E-state index in [1.165, 1.54) is 6.92 Å². The minimum Gasteiger partial charge on any atom is -0.479 e. The van der Waals surface area contributed by atoms with Gasteiger partial charge in [-0.15, -0.1) is 0 Å². The van der Waals surface area contributed by atoms with Crippen LogP contribution in [-0.4, -0.2) is 27.1 Å². The van der Waals surface area contributed by atoms with E-state index < -0.39 is 17.6 Å². The Hall–Kier alpha value is -1.31. The standard InChI is InChI=1S/C12H14INO4/c1-12(8-13,10(15)16)14-11(17)18-7-9-5-3-2-4-6-9/h2-6H,7-8H2,1H3,(H,14,17)(H,15,16)/t12-/m0/s1. The first kappa shape index (κ1) is 14.7. The Morgan fingerprint density at radius 2 is 2.00 bits per heavy atom. The predicted octanol–water partition coefficient (Wildman–Crippen LogP) is 2.19. The van der Waals surface area contributed by atoms with Crippen LogP contribution >= 0.6 is 22.6 Å². The van der Waals surface area contributed by atoms with Crippen LogP contribution in [0.3, 0.4) is 0 Å². The molecule has 2 N–H and O–H groups in total. The summed E-state index contributed by atoms with van der Waals surface area (Å²) in [4.78, 5) is 22.5. The summed E-state index contributed by atoms with van der Waals surface area (Å²) in [6.45, 7) is 1.55. The highest BCUT2D eigenvalue weighted by Crippen LogP contribution is 2.09. The van der Waals surface area contributed by atoms with Gasteiger partial charge < -0.3 is 15.2 Å². The number of carbonyl (C=O) groups excluding carboxylic acids is 1. The monoisotopic (exact) mass is 363 g/mol. The number of carbonyl (C=O) groups is 2. The highest BCUT2D eigenvalue weighted by Gasteiger charge is 2.34. The van der Waals surface area contributed by atoms with Crippen LogP contribution in [-0.2, 0) is 16.1 Å². The number of carboxylic acids is 1. The van der Waals surface area contributed by atoms with Crippen LogP contribution in [0.4, 0.5) is 4.79 Å². The van der Waals surface area contributed by atoms with Gasteiger partial charge in [-0.05, 0) is 12.5 Å². The molecule has 0 saturated carbocycles. The normalized spacial score (nSPS) is 13.4. The molecule has 1 rings (SSSR count). The molecule has 18 heavy (non-hydrogen) atoms. The van der Waals surface area contributed by atoms with Crippen LogP contribution in [0, 0.1) is 0 Å². The molecular weight excluding hydrogens is 349 g/mol. The van der Waals surface area contributed by atoms with Crippen LogP contribution < -0.4 is 5.32 Å². The van der Waals surface area contributed by atoms with Crippen LogP contribution in [0.2, 0.25) is 0 Å². The quantitative estimate of drug-likeness (QED) is 0.621. The predicted molar refractivity (Wildman–Crippen MR) is 74.7 cm³/mol. The fourth-order valence-corrected chi connectivity index (χ4v) is 1.65. The topological polar surface area (TPSA) is 75.6 Å². The summed E-state index contributed by atoms with van der Waals surface area (Å²) < 4.78 is 5.21. The van der Waals surface area contributed by atoms with Crippen molar-refractivity contribution >= 4 is 34.7 Å². The number of benzene rings is 1. The first-order valence-electron chi connectivity index (χ1n) is 5.26. The van der Waals surface area contributed by atoms with Crippen molar-refractivity contribution in [1.82, 2.24) is 5.32 Å². The summed E-state index contributed by atoms with van der Waals surface area (Å²) in [6.07, 6.45) is -0.736. The van der Waals surface area contributed by atoms with Crippen molar-refractivity contribution in [2.75, 3.05) is 4.43 Å². The zero-order chi connectivity index (χ0) is 13.6. The molecule has 0 aromatic heterocycles. The van der Waals surface area contributed by atoms with Crippen LogP contribution in [0.1, 0.15) is 12.5 Å². The Balaban J connectivity index is 2.49. The van der Waals surface area contributed by atoms with E-state index in [2.05, 4.69) is 5.32 Å². The van der Waals surface area contributed by atoms with Crippen molar-refractivity contribution in [2.45, 2.75) is 19.1 Å². The number of ether oxygens (including phenoxy) is 1. The first-order valence-corrected chi connectivity index (χ1v) is 6.79. The second kappa shape index (κ2) is 6.58. The van der Waals surface area contributed by atoms with Gasteiger partial charge in [-0.2, -0.15) is 0 Å². The molecule has 0 saturated heterocycles. The van der Waals surface area contributed by atoms with Gasteiger partial charge in [0.25, 0.3) is 0 Å². The van der Waals surface area contributed by atoms with Gasteiger partial charge in [-0.25, -0.2) is 9.59 Å². The number of hydrogen-bond donors (Lipinski definition) is 2. The molecule has 0 aliphatic rings. The van der Waals surface area contributed by atoms with E-state index in [4.69, 9.17) is 9.84 Å². The molecule has 1 aromatic carbocycles. The molecule has 0 fully saturated rings. The maximum absolute atomic E-state index is 11.5. The van der Waals surface area contributed by atoms with E-state index in [0.717, 1.165) is 5.56 Å². The number of amides is 1. The summed E-state index contributed by atoms with van der Waals surface area (Å²) in [5.41, 5.74) is -0.465. The zero-order valence-electron chi connectivity index (χ0n) is 9.85.